The van der Waals surface area contributed by atoms with Crippen LogP contribution in [-0.2, 0) is 0 Å². The van der Waals surface area contributed by atoms with Gasteiger partial charge in [-0.2, -0.15) is 0 Å². The highest BCUT2D eigenvalue weighted by Crippen LogP contribution is 2.10. The minimum Gasteiger partial charge on any atom is -0.530 e. The largest absolute Gasteiger partial charge is 0.530 e. The van der Waals surface area contributed by atoms with Crippen molar-refractivity contribution >= 4 is 8.32 Å². The molecule has 0 bridgehead atoms. The number of hydrogen-bond acceptors (Lipinski definition) is 3. The molecular weight excluding hydrogens is 168 g/mol. The van der Waals surface area contributed by atoms with E-state index in [1.807, 2.05) is 6.92 Å². The minimum atomic E-state index is -1.52. The predicted octanol–water partition coefficient (Wildman–Crippen LogP) is 2.00. The fourth-order valence-corrected chi connectivity index (χ4v) is 1.48. The van der Waals surface area contributed by atoms with Crippen LogP contribution in [0.3, 0.4) is 0 Å². The molecular formula is C8H14N2OSi. The summed E-state index contributed by atoms with van der Waals surface area (Å²) in [7, 11) is -1.52. The quantitative estimate of drug-likeness (QED) is 0.656. The van der Waals surface area contributed by atoms with Crippen LogP contribution in [0.4, 0.5) is 0 Å². The van der Waals surface area contributed by atoms with Crippen molar-refractivity contribution in [3.63, 3.8) is 0 Å². The maximum Gasteiger partial charge on any atom is 0.244 e. The Bertz CT molecular complexity index is 253. The second kappa shape index (κ2) is 3.22. The van der Waals surface area contributed by atoms with E-state index >= 15 is 0 Å². The van der Waals surface area contributed by atoms with Gasteiger partial charge in [-0.1, -0.05) is 0 Å². The van der Waals surface area contributed by atoms with Crippen LogP contribution in [0.15, 0.2) is 12.4 Å². The van der Waals surface area contributed by atoms with Gasteiger partial charge in [0.2, 0.25) is 14.2 Å². The van der Waals surface area contributed by atoms with Crippen LogP contribution < -0.4 is 4.43 Å². The highest BCUT2D eigenvalue weighted by atomic mass is 28.4. The maximum atomic E-state index is 5.62. The smallest absolute Gasteiger partial charge is 0.244 e. The predicted molar refractivity (Wildman–Crippen MR) is 50.7 cm³/mol. The average Bonchev–Trinajstić information content (AvgIpc) is 1.91. The molecule has 66 valence electrons. The van der Waals surface area contributed by atoms with Crippen LogP contribution in [-0.4, -0.2) is 18.3 Å². The van der Waals surface area contributed by atoms with Gasteiger partial charge >= 0.3 is 0 Å². The summed E-state index contributed by atoms with van der Waals surface area (Å²) < 4.78 is 5.62. The summed E-state index contributed by atoms with van der Waals surface area (Å²) in [5.74, 6) is 0.639. The molecule has 0 aliphatic rings. The van der Waals surface area contributed by atoms with E-state index in [1.165, 1.54) is 0 Å². The number of nitrogens with zero attached hydrogens (tertiary/aromatic N) is 2. The van der Waals surface area contributed by atoms with Crippen LogP contribution in [0.25, 0.3) is 0 Å². The SMILES string of the molecule is Cc1cnc(O[Si](C)(C)C)cn1. The van der Waals surface area contributed by atoms with E-state index in [-0.39, 0.29) is 0 Å². The minimum absolute atomic E-state index is 0.639. The third kappa shape index (κ3) is 3.00. The monoisotopic (exact) mass is 182 g/mol. The third-order valence-corrected chi connectivity index (χ3v) is 1.99. The third-order valence-electron chi connectivity index (χ3n) is 1.17. The van der Waals surface area contributed by atoms with E-state index in [9.17, 15) is 0 Å². The topological polar surface area (TPSA) is 35.0 Å². The van der Waals surface area contributed by atoms with Crippen LogP contribution in [0, 0.1) is 6.92 Å². The lowest BCUT2D eigenvalue weighted by Crippen LogP contribution is -2.29. The molecule has 0 atom stereocenters. The zero-order chi connectivity index (χ0) is 9.19. The summed E-state index contributed by atoms with van der Waals surface area (Å²) in [6.45, 7) is 8.27. The molecule has 0 amide bonds. The molecule has 0 radical (unpaired) electrons. The Hall–Kier alpha value is -0.903. The molecule has 1 rings (SSSR count). The molecule has 12 heavy (non-hydrogen) atoms. The Morgan fingerprint density at radius 3 is 2.25 bits per heavy atom. The van der Waals surface area contributed by atoms with Gasteiger partial charge in [-0.25, -0.2) is 4.98 Å². The first-order valence-corrected chi connectivity index (χ1v) is 7.36. The molecule has 0 spiro atoms. The Morgan fingerprint density at radius 2 is 1.83 bits per heavy atom. The molecule has 0 aliphatic carbocycles. The molecule has 0 N–H and O–H groups in total. The lowest BCUT2D eigenvalue weighted by atomic mass is 10.5. The number of rotatable bonds is 2. The van der Waals surface area contributed by atoms with Crippen LogP contribution >= 0.6 is 0 Å². The summed E-state index contributed by atoms with van der Waals surface area (Å²) >= 11 is 0. The fraction of sp³-hybridized carbons (Fsp3) is 0.500. The molecule has 1 aromatic rings. The van der Waals surface area contributed by atoms with Gasteiger partial charge in [-0.3, -0.25) is 4.98 Å². The second-order valence-corrected chi connectivity index (χ2v) is 8.14. The van der Waals surface area contributed by atoms with Gasteiger partial charge in [0.25, 0.3) is 0 Å². The van der Waals surface area contributed by atoms with Crippen molar-refractivity contribution in [2.24, 2.45) is 0 Å². The van der Waals surface area contributed by atoms with Gasteiger partial charge in [0.1, 0.15) is 0 Å². The van der Waals surface area contributed by atoms with Crippen molar-refractivity contribution in [1.82, 2.24) is 9.97 Å². The highest BCUT2D eigenvalue weighted by molar-refractivity contribution is 6.70. The van der Waals surface area contributed by atoms with Crippen molar-refractivity contribution in [2.75, 3.05) is 0 Å². The molecule has 3 nitrogen and oxygen atoms in total. The van der Waals surface area contributed by atoms with Gasteiger partial charge in [0, 0.05) is 0 Å². The van der Waals surface area contributed by atoms with Crippen molar-refractivity contribution in [3.05, 3.63) is 18.1 Å². The van der Waals surface area contributed by atoms with Gasteiger partial charge in [0.05, 0.1) is 18.1 Å². The lowest BCUT2D eigenvalue weighted by molar-refractivity contribution is 0.529. The first-order chi connectivity index (χ1) is 5.47. The highest BCUT2D eigenvalue weighted by Gasteiger charge is 2.16. The number of hydrogen-bond donors (Lipinski definition) is 0. The summed E-state index contributed by atoms with van der Waals surface area (Å²) in [5.41, 5.74) is 0.915. The zero-order valence-electron chi connectivity index (χ0n) is 7.96. The standard InChI is InChI=1S/C8H14N2OSi/c1-7-5-10-8(6-9-7)11-12(2,3)4/h5-6H,1-4H3. The zero-order valence-corrected chi connectivity index (χ0v) is 8.96. The molecule has 0 fully saturated rings. The number of aromatic nitrogens is 2. The van der Waals surface area contributed by atoms with Crippen molar-refractivity contribution in [3.8, 4) is 5.88 Å². The van der Waals surface area contributed by atoms with Crippen molar-refractivity contribution in [1.29, 1.82) is 0 Å². The Kier molecular flexibility index (Phi) is 2.47. The van der Waals surface area contributed by atoms with E-state index < -0.39 is 8.32 Å². The van der Waals surface area contributed by atoms with E-state index in [0.29, 0.717) is 5.88 Å². The molecule has 0 aromatic carbocycles. The summed E-state index contributed by atoms with van der Waals surface area (Å²) in [5, 5.41) is 0. The summed E-state index contributed by atoms with van der Waals surface area (Å²) in [6, 6.07) is 0. The van der Waals surface area contributed by atoms with E-state index in [1.54, 1.807) is 12.4 Å². The molecule has 0 unspecified atom stereocenters. The average molecular weight is 182 g/mol. The van der Waals surface area contributed by atoms with Crippen LogP contribution in [0.1, 0.15) is 5.69 Å². The molecule has 0 saturated carbocycles. The van der Waals surface area contributed by atoms with Crippen LogP contribution in [0.2, 0.25) is 19.6 Å². The maximum absolute atomic E-state index is 5.62. The molecule has 1 aromatic heterocycles. The summed E-state index contributed by atoms with van der Waals surface area (Å²) in [6.07, 6.45) is 3.39. The van der Waals surface area contributed by atoms with Gasteiger partial charge in [-0.15, -0.1) is 0 Å². The normalized spacial score (nSPS) is 11.3. The van der Waals surface area contributed by atoms with Gasteiger partial charge in [-0.05, 0) is 26.6 Å². The Balaban J connectivity index is 2.71. The fourth-order valence-electron chi connectivity index (χ4n) is 0.747. The molecule has 4 heteroatoms. The lowest BCUT2D eigenvalue weighted by Gasteiger charge is -2.17. The Morgan fingerprint density at radius 1 is 1.17 bits per heavy atom. The van der Waals surface area contributed by atoms with E-state index in [0.717, 1.165) is 5.69 Å². The number of aryl methyl sites for hydroxylation is 1. The first kappa shape index (κ1) is 9.19. The molecule has 1 heterocycles. The van der Waals surface area contributed by atoms with Crippen LogP contribution in [0.5, 0.6) is 5.88 Å². The van der Waals surface area contributed by atoms with Gasteiger partial charge < -0.3 is 4.43 Å². The van der Waals surface area contributed by atoms with Gasteiger partial charge in [0.15, 0.2) is 0 Å². The van der Waals surface area contributed by atoms with E-state index in [2.05, 4.69) is 29.6 Å². The van der Waals surface area contributed by atoms with Crippen molar-refractivity contribution in [2.45, 2.75) is 26.6 Å². The second-order valence-electron chi connectivity index (χ2n) is 3.71. The first-order valence-electron chi connectivity index (χ1n) is 3.95. The molecule has 0 aliphatic heterocycles. The molecule has 0 saturated heterocycles. The summed E-state index contributed by atoms with van der Waals surface area (Å²) in [4.78, 5) is 8.21. The Labute approximate surface area is 73.9 Å². The van der Waals surface area contributed by atoms with Crippen molar-refractivity contribution < 1.29 is 4.43 Å². The van der Waals surface area contributed by atoms with E-state index in [4.69, 9.17) is 4.43 Å².